The van der Waals surface area contributed by atoms with Gasteiger partial charge in [0.15, 0.2) is 0 Å². The molecule has 0 spiro atoms. The maximum atomic E-state index is 11.4. The van der Waals surface area contributed by atoms with Crippen LogP contribution in [0.1, 0.15) is 38.8 Å². The van der Waals surface area contributed by atoms with E-state index >= 15 is 0 Å². The van der Waals surface area contributed by atoms with Crippen molar-refractivity contribution in [3.05, 3.63) is 34.1 Å². The molecule has 8 heteroatoms. The number of nitriles is 1. The smallest absolute Gasteiger partial charge is 0.223 e. The molecule has 2 N–H and O–H groups in total. The van der Waals surface area contributed by atoms with Crippen molar-refractivity contribution in [2.24, 2.45) is 0 Å². The first-order valence-electron chi connectivity index (χ1n) is 8.73. The van der Waals surface area contributed by atoms with Crippen LogP contribution in [0, 0.1) is 11.3 Å². The molecule has 2 aliphatic heterocycles. The summed E-state index contributed by atoms with van der Waals surface area (Å²) in [4.78, 5) is 22.1. The molecule has 1 saturated heterocycles. The van der Waals surface area contributed by atoms with Crippen LogP contribution in [-0.4, -0.2) is 39.9 Å². The molecular weight excluding hydrogens is 348 g/mol. The second-order valence-electron chi connectivity index (χ2n) is 6.25. The lowest BCUT2D eigenvalue weighted by molar-refractivity contribution is -0.129. The van der Waals surface area contributed by atoms with E-state index < -0.39 is 0 Å². The normalized spacial score (nSPS) is 19.4. The zero-order valence-electron chi connectivity index (χ0n) is 15.0. The maximum Gasteiger partial charge on any atom is 0.223 e. The fourth-order valence-electron chi connectivity index (χ4n) is 2.94. The van der Waals surface area contributed by atoms with Crippen LogP contribution in [0.15, 0.2) is 28.4 Å². The summed E-state index contributed by atoms with van der Waals surface area (Å²) in [5.74, 6) is 0.636. The minimum Gasteiger partial charge on any atom is -0.352 e. The zero-order valence-corrected chi connectivity index (χ0v) is 15.8. The van der Waals surface area contributed by atoms with Gasteiger partial charge in [-0.2, -0.15) is 5.26 Å². The largest absolute Gasteiger partial charge is 0.352 e. The Morgan fingerprint density at radius 1 is 1.50 bits per heavy atom. The number of hydrogen-bond donors (Lipinski definition) is 2. The van der Waals surface area contributed by atoms with Gasteiger partial charge in [0, 0.05) is 37.9 Å². The summed E-state index contributed by atoms with van der Waals surface area (Å²) in [5.41, 5.74) is 2.22. The number of aromatic nitrogens is 2. The van der Waals surface area contributed by atoms with Crippen molar-refractivity contribution in [1.82, 2.24) is 20.2 Å². The maximum absolute atomic E-state index is 11.4. The van der Waals surface area contributed by atoms with E-state index in [-0.39, 0.29) is 11.9 Å². The molecule has 7 nitrogen and oxygen atoms in total. The Morgan fingerprint density at radius 2 is 2.27 bits per heavy atom. The zero-order chi connectivity index (χ0) is 18.5. The van der Waals surface area contributed by atoms with Crippen LogP contribution in [0.25, 0.3) is 5.57 Å². The monoisotopic (exact) mass is 370 g/mol. The second kappa shape index (κ2) is 8.23. The summed E-state index contributed by atoms with van der Waals surface area (Å²) in [7, 11) is 0. The molecule has 0 saturated carbocycles. The topological polar surface area (TPSA) is 93.9 Å². The van der Waals surface area contributed by atoms with Gasteiger partial charge in [0.25, 0.3) is 0 Å². The summed E-state index contributed by atoms with van der Waals surface area (Å²) in [6.07, 6.45) is 4.28. The van der Waals surface area contributed by atoms with Gasteiger partial charge in [-0.15, -0.1) is 0 Å². The van der Waals surface area contributed by atoms with Crippen LogP contribution in [0.4, 0.5) is 5.95 Å². The molecule has 1 fully saturated rings. The number of likely N-dealkylation sites (tertiary alicyclic amines) is 1. The van der Waals surface area contributed by atoms with Gasteiger partial charge in [-0.25, -0.2) is 9.97 Å². The Kier molecular flexibility index (Phi) is 5.78. The number of nitrogens with one attached hydrogen (secondary N) is 2. The SMILES string of the molecule is CCC1=CSC(=C(C#N)c2ccnc(NC3CCN(C(C)=O)CC3)n2)N1. The van der Waals surface area contributed by atoms with Crippen LogP contribution in [0.2, 0.25) is 0 Å². The van der Waals surface area contributed by atoms with E-state index in [9.17, 15) is 10.1 Å². The first kappa shape index (κ1) is 18.3. The number of piperidine rings is 1. The van der Waals surface area contributed by atoms with Gasteiger partial charge in [0.1, 0.15) is 11.6 Å². The molecule has 1 amide bonds. The molecule has 136 valence electrons. The van der Waals surface area contributed by atoms with Crippen molar-refractivity contribution in [2.75, 3.05) is 18.4 Å². The molecule has 3 rings (SSSR count). The van der Waals surface area contributed by atoms with E-state index in [0.29, 0.717) is 17.2 Å². The molecule has 26 heavy (non-hydrogen) atoms. The van der Waals surface area contributed by atoms with E-state index in [0.717, 1.165) is 43.1 Å². The number of hydrogen-bond acceptors (Lipinski definition) is 7. The van der Waals surface area contributed by atoms with Crippen molar-refractivity contribution in [1.29, 1.82) is 5.26 Å². The summed E-state index contributed by atoms with van der Waals surface area (Å²) in [5, 5.41) is 19.0. The number of carbonyl (C=O) groups is 1. The third kappa shape index (κ3) is 4.17. The van der Waals surface area contributed by atoms with E-state index in [1.807, 2.05) is 10.3 Å². The van der Waals surface area contributed by atoms with Gasteiger partial charge in [-0.05, 0) is 30.7 Å². The number of allylic oxidation sites excluding steroid dienone is 2. The predicted molar refractivity (Wildman–Crippen MR) is 103 cm³/mol. The average molecular weight is 370 g/mol. The minimum atomic E-state index is 0.119. The summed E-state index contributed by atoms with van der Waals surface area (Å²) >= 11 is 1.51. The summed E-state index contributed by atoms with van der Waals surface area (Å²) in [6, 6.07) is 4.23. The highest BCUT2D eigenvalue weighted by Crippen LogP contribution is 2.31. The fraction of sp³-hybridized carbons (Fsp3) is 0.444. The van der Waals surface area contributed by atoms with Crippen LogP contribution < -0.4 is 10.6 Å². The van der Waals surface area contributed by atoms with Crippen LogP contribution in [-0.2, 0) is 4.79 Å². The Morgan fingerprint density at radius 3 is 2.88 bits per heavy atom. The first-order chi connectivity index (χ1) is 12.6. The summed E-state index contributed by atoms with van der Waals surface area (Å²) < 4.78 is 0. The number of rotatable bonds is 4. The fourth-order valence-corrected chi connectivity index (χ4v) is 3.88. The highest BCUT2D eigenvalue weighted by molar-refractivity contribution is 8.06. The Hall–Kier alpha value is -2.53. The molecule has 0 unspecified atom stereocenters. The third-order valence-corrected chi connectivity index (χ3v) is 5.44. The highest BCUT2D eigenvalue weighted by Gasteiger charge is 2.22. The summed E-state index contributed by atoms with van der Waals surface area (Å²) in [6.45, 7) is 5.15. The third-order valence-electron chi connectivity index (χ3n) is 4.50. The van der Waals surface area contributed by atoms with Crippen molar-refractivity contribution in [3.63, 3.8) is 0 Å². The molecular formula is C18H22N6OS. The van der Waals surface area contributed by atoms with Crippen molar-refractivity contribution < 1.29 is 4.79 Å². The average Bonchev–Trinajstić information content (AvgIpc) is 3.12. The van der Waals surface area contributed by atoms with Gasteiger partial charge in [-0.3, -0.25) is 4.79 Å². The Balaban J connectivity index is 1.70. The number of carbonyl (C=O) groups excluding carboxylic acids is 1. The van der Waals surface area contributed by atoms with Gasteiger partial charge >= 0.3 is 0 Å². The van der Waals surface area contributed by atoms with E-state index in [4.69, 9.17) is 0 Å². The molecule has 0 radical (unpaired) electrons. The lowest BCUT2D eigenvalue weighted by Crippen LogP contribution is -2.41. The molecule has 0 atom stereocenters. The minimum absolute atomic E-state index is 0.119. The molecule has 0 bridgehead atoms. The Bertz CT molecular complexity index is 789. The first-order valence-corrected chi connectivity index (χ1v) is 9.61. The second-order valence-corrected chi connectivity index (χ2v) is 7.13. The van der Waals surface area contributed by atoms with Crippen molar-refractivity contribution in [3.8, 4) is 6.07 Å². The van der Waals surface area contributed by atoms with E-state index in [1.165, 1.54) is 11.8 Å². The van der Waals surface area contributed by atoms with Crippen LogP contribution in [0.3, 0.4) is 0 Å². The van der Waals surface area contributed by atoms with E-state index in [2.05, 4.69) is 33.6 Å². The highest BCUT2D eigenvalue weighted by atomic mass is 32.2. The Labute approximate surface area is 157 Å². The predicted octanol–water partition coefficient (Wildman–Crippen LogP) is 2.68. The number of thioether (sulfide) groups is 1. The quantitative estimate of drug-likeness (QED) is 0.787. The molecule has 3 heterocycles. The standard InChI is InChI=1S/C18H22N6OS/c1-3-13-11-26-17(21-13)15(10-19)16-4-7-20-18(23-16)22-14-5-8-24(9-6-14)12(2)25/h4,7,11,14,21H,3,5-6,8-9H2,1-2H3,(H,20,22,23). The number of nitrogens with zero attached hydrogens (tertiary/aromatic N) is 4. The van der Waals surface area contributed by atoms with Gasteiger partial charge < -0.3 is 15.5 Å². The van der Waals surface area contributed by atoms with Crippen molar-refractivity contribution >= 4 is 29.2 Å². The molecule has 1 aromatic heterocycles. The number of amides is 1. The van der Waals surface area contributed by atoms with E-state index in [1.54, 1.807) is 19.2 Å². The number of anilines is 1. The van der Waals surface area contributed by atoms with Gasteiger partial charge in [0.05, 0.1) is 10.7 Å². The molecule has 2 aliphatic rings. The van der Waals surface area contributed by atoms with Gasteiger partial charge in [0.2, 0.25) is 11.9 Å². The molecule has 0 aromatic carbocycles. The molecule has 1 aromatic rings. The molecule has 0 aliphatic carbocycles. The van der Waals surface area contributed by atoms with Crippen molar-refractivity contribution in [2.45, 2.75) is 39.2 Å². The van der Waals surface area contributed by atoms with Gasteiger partial charge in [-0.1, -0.05) is 18.7 Å². The lowest BCUT2D eigenvalue weighted by Gasteiger charge is -2.31. The van der Waals surface area contributed by atoms with Crippen LogP contribution >= 0.6 is 11.8 Å². The lowest BCUT2D eigenvalue weighted by atomic mass is 10.1. The van der Waals surface area contributed by atoms with Crippen LogP contribution in [0.5, 0.6) is 0 Å².